The lowest BCUT2D eigenvalue weighted by Gasteiger charge is -2.14. The van der Waals surface area contributed by atoms with Gasteiger partial charge in [0, 0.05) is 18.3 Å². The quantitative estimate of drug-likeness (QED) is 0.519. The van der Waals surface area contributed by atoms with Gasteiger partial charge in [-0.3, -0.25) is 9.59 Å². The highest BCUT2D eigenvalue weighted by atomic mass is 32.2. The number of hydrogen-bond donors (Lipinski definition) is 2. The molecule has 3 rings (SSSR count). The molecule has 0 bridgehead atoms. The van der Waals surface area contributed by atoms with Gasteiger partial charge in [-0.2, -0.15) is 0 Å². The highest BCUT2D eigenvalue weighted by molar-refractivity contribution is 7.99. The number of nitrogens with one attached hydrogen (secondary N) is 2. The van der Waals surface area contributed by atoms with Gasteiger partial charge < -0.3 is 19.9 Å². The molecule has 0 fully saturated rings. The molecule has 0 saturated heterocycles. The standard InChI is InChI=1S/C21H22FN5O3S/c1-13(23-20(29)14-4-10-17(30-3)11-5-14)19-25-26-21(27(19)2)31-12-18(28)24-16-8-6-15(22)7-9-16/h4-11,13H,12H2,1-3H3,(H,23,29)(H,24,28)/t13-/m0/s1. The molecule has 0 spiro atoms. The number of carbonyl (C=O) groups excluding carboxylic acids is 2. The van der Waals surface area contributed by atoms with E-state index >= 15 is 0 Å². The Morgan fingerprint density at radius 3 is 2.45 bits per heavy atom. The summed E-state index contributed by atoms with van der Waals surface area (Å²) >= 11 is 1.21. The molecule has 10 heteroatoms. The minimum atomic E-state index is -0.394. The van der Waals surface area contributed by atoms with Crippen molar-refractivity contribution < 1.29 is 18.7 Å². The summed E-state index contributed by atoms with van der Waals surface area (Å²) in [5.41, 5.74) is 1.02. The molecule has 31 heavy (non-hydrogen) atoms. The second-order valence-electron chi connectivity index (χ2n) is 6.67. The molecular formula is C21H22FN5O3S. The van der Waals surface area contributed by atoms with Crippen LogP contribution in [0.3, 0.4) is 0 Å². The Bertz CT molecular complexity index is 1050. The van der Waals surface area contributed by atoms with Gasteiger partial charge in [0.1, 0.15) is 11.6 Å². The fourth-order valence-corrected chi connectivity index (χ4v) is 3.49. The molecule has 1 heterocycles. The number of anilines is 1. The smallest absolute Gasteiger partial charge is 0.251 e. The highest BCUT2D eigenvalue weighted by Crippen LogP contribution is 2.20. The molecule has 2 N–H and O–H groups in total. The third-order valence-corrected chi connectivity index (χ3v) is 5.44. The van der Waals surface area contributed by atoms with Gasteiger partial charge in [-0.15, -0.1) is 10.2 Å². The van der Waals surface area contributed by atoms with Crippen LogP contribution in [0.5, 0.6) is 5.75 Å². The largest absolute Gasteiger partial charge is 0.497 e. The fraction of sp³-hybridized carbons (Fsp3) is 0.238. The minimum absolute atomic E-state index is 0.107. The monoisotopic (exact) mass is 443 g/mol. The van der Waals surface area contributed by atoms with Crippen molar-refractivity contribution in [1.29, 1.82) is 0 Å². The third kappa shape index (κ3) is 5.82. The van der Waals surface area contributed by atoms with Crippen molar-refractivity contribution in [2.45, 2.75) is 18.1 Å². The number of halogens is 1. The lowest BCUT2D eigenvalue weighted by atomic mass is 10.2. The predicted molar refractivity (Wildman–Crippen MR) is 116 cm³/mol. The Morgan fingerprint density at radius 1 is 1.13 bits per heavy atom. The zero-order chi connectivity index (χ0) is 22.4. The summed E-state index contributed by atoms with van der Waals surface area (Å²) in [6.07, 6.45) is 0. The van der Waals surface area contributed by atoms with Crippen LogP contribution < -0.4 is 15.4 Å². The van der Waals surface area contributed by atoms with E-state index < -0.39 is 6.04 Å². The molecule has 0 radical (unpaired) electrons. The summed E-state index contributed by atoms with van der Waals surface area (Å²) in [4.78, 5) is 24.6. The molecule has 1 atom stereocenters. The van der Waals surface area contributed by atoms with E-state index in [1.54, 1.807) is 49.9 Å². The van der Waals surface area contributed by atoms with E-state index in [1.165, 1.54) is 36.0 Å². The van der Waals surface area contributed by atoms with Crippen LogP contribution in [0, 0.1) is 5.82 Å². The van der Waals surface area contributed by atoms with Crippen LogP contribution >= 0.6 is 11.8 Å². The summed E-state index contributed by atoms with van der Waals surface area (Å²) in [5.74, 6) is 0.474. The Hall–Kier alpha value is -3.40. The predicted octanol–water partition coefficient (Wildman–Crippen LogP) is 3.18. The lowest BCUT2D eigenvalue weighted by Crippen LogP contribution is -2.28. The number of methoxy groups -OCH3 is 1. The number of rotatable bonds is 8. The number of amides is 2. The van der Waals surface area contributed by atoms with Crippen LogP contribution in [0.1, 0.15) is 29.1 Å². The van der Waals surface area contributed by atoms with Crippen molar-refractivity contribution in [1.82, 2.24) is 20.1 Å². The fourth-order valence-electron chi connectivity index (χ4n) is 2.78. The number of ether oxygens (including phenoxy) is 1. The van der Waals surface area contributed by atoms with Gasteiger partial charge in [0.25, 0.3) is 5.91 Å². The summed E-state index contributed by atoms with van der Waals surface area (Å²) in [7, 11) is 3.33. The molecule has 0 saturated carbocycles. The normalized spacial score (nSPS) is 11.6. The molecule has 8 nitrogen and oxygen atoms in total. The Kier molecular flexibility index (Phi) is 7.24. The van der Waals surface area contributed by atoms with Crippen LogP contribution in [0.2, 0.25) is 0 Å². The maximum atomic E-state index is 12.9. The highest BCUT2D eigenvalue weighted by Gasteiger charge is 2.19. The van der Waals surface area contributed by atoms with Crippen molar-refractivity contribution in [3.8, 4) is 5.75 Å². The topological polar surface area (TPSA) is 98.1 Å². The van der Waals surface area contributed by atoms with E-state index in [1.807, 2.05) is 0 Å². The zero-order valence-corrected chi connectivity index (χ0v) is 18.1. The van der Waals surface area contributed by atoms with Crippen LogP contribution in [0.4, 0.5) is 10.1 Å². The van der Waals surface area contributed by atoms with Crippen molar-refractivity contribution in [3.05, 3.63) is 65.7 Å². The number of hydrogen-bond acceptors (Lipinski definition) is 6. The molecule has 3 aromatic rings. The molecule has 162 valence electrons. The lowest BCUT2D eigenvalue weighted by molar-refractivity contribution is -0.113. The van der Waals surface area contributed by atoms with Crippen molar-refractivity contribution in [3.63, 3.8) is 0 Å². The van der Waals surface area contributed by atoms with Gasteiger partial charge in [-0.1, -0.05) is 11.8 Å². The number of benzene rings is 2. The number of thioether (sulfide) groups is 1. The van der Waals surface area contributed by atoms with Gasteiger partial charge in [-0.05, 0) is 55.5 Å². The Morgan fingerprint density at radius 2 is 1.81 bits per heavy atom. The maximum absolute atomic E-state index is 12.9. The summed E-state index contributed by atoms with van der Waals surface area (Å²) in [6.45, 7) is 1.81. The average molecular weight is 444 g/mol. The van der Waals surface area contributed by atoms with Gasteiger partial charge in [0.05, 0.1) is 18.9 Å². The molecule has 1 aromatic heterocycles. The number of nitrogens with zero attached hydrogens (tertiary/aromatic N) is 3. The van der Waals surface area contributed by atoms with E-state index in [-0.39, 0.29) is 23.4 Å². The van der Waals surface area contributed by atoms with E-state index in [0.29, 0.717) is 28.0 Å². The minimum Gasteiger partial charge on any atom is -0.497 e. The Labute approximate surface area is 183 Å². The van der Waals surface area contributed by atoms with Crippen LogP contribution in [-0.4, -0.2) is 39.4 Å². The second-order valence-corrected chi connectivity index (χ2v) is 7.61. The van der Waals surface area contributed by atoms with E-state index in [2.05, 4.69) is 20.8 Å². The summed E-state index contributed by atoms with van der Waals surface area (Å²) in [6, 6.07) is 11.9. The average Bonchev–Trinajstić information content (AvgIpc) is 3.14. The molecule has 2 aromatic carbocycles. The zero-order valence-electron chi connectivity index (χ0n) is 17.3. The third-order valence-electron chi connectivity index (χ3n) is 4.42. The maximum Gasteiger partial charge on any atom is 0.251 e. The molecule has 0 aliphatic rings. The first-order valence-electron chi connectivity index (χ1n) is 9.40. The molecule has 0 aliphatic carbocycles. The van der Waals surface area contributed by atoms with Crippen molar-refractivity contribution >= 4 is 29.3 Å². The summed E-state index contributed by atoms with van der Waals surface area (Å²) < 4.78 is 19.8. The molecular weight excluding hydrogens is 421 g/mol. The van der Waals surface area contributed by atoms with Gasteiger partial charge in [-0.25, -0.2) is 4.39 Å². The number of aromatic nitrogens is 3. The van der Waals surface area contributed by atoms with Crippen LogP contribution in [-0.2, 0) is 11.8 Å². The first-order valence-corrected chi connectivity index (χ1v) is 10.4. The van der Waals surface area contributed by atoms with Crippen LogP contribution in [0.25, 0.3) is 0 Å². The molecule has 2 amide bonds. The van der Waals surface area contributed by atoms with E-state index in [0.717, 1.165) is 0 Å². The SMILES string of the molecule is COc1ccc(C(=O)N[C@@H](C)c2nnc(SCC(=O)Nc3ccc(F)cc3)n2C)cc1. The van der Waals surface area contributed by atoms with E-state index in [4.69, 9.17) is 4.74 Å². The first kappa shape index (κ1) is 22.3. The van der Waals surface area contributed by atoms with E-state index in [9.17, 15) is 14.0 Å². The Balaban J connectivity index is 1.56. The molecule has 0 unspecified atom stereocenters. The van der Waals surface area contributed by atoms with Gasteiger partial charge in [0.2, 0.25) is 5.91 Å². The second kappa shape index (κ2) is 10.1. The first-order chi connectivity index (χ1) is 14.9. The van der Waals surface area contributed by atoms with Crippen molar-refractivity contribution in [2.24, 2.45) is 7.05 Å². The van der Waals surface area contributed by atoms with Gasteiger partial charge in [0.15, 0.2) is 11.0 Å². The van der Waals surface area contributed by atoms with Crippen LogP contribution in [0.15, 0.2) is 53.7 Å². The van der Waals surface area contributed by atoms with Crippen molar-refractivity contribution in [2.75, 3.05) is 18.2 Å². The van der Waals surface area contributed by atoms with Gasteiger partial charge >= 0.3 is 0 Å². The molecule has 0 aliphatic heterocycles. The summed E-state index contributed by atoms with van der Waals surface area (Å²) in [5, 5.41) is 14.4. The number of carbonyl (C=O) groups is 2.